The van der Waals surface area contributed by atoms with Gasteiger partial charge in [0.2, 0.25) is 5.91 Å². The van der Waals surface area contributed by atoms with Crippen molar-refractivity contribution in [2.45, 2.75) is 63.5 Å². The Balaban J connectivity index is 1.55. The first-order valence-electron chi connectivity index (χ1n) is 8.52. The molecule has 0 unspecified atom stereocenters. The summed E-state index contributed by atoms with van der Waals surface area (Å²) in [4.78, 5) is 14.3. The number of hydrogen-bond acceptors (Lipinski definition) is 4. The Morgan fingerprint density at radius 3 is 2.52 bits per heavy atom. The second kappa shape index (κ2) is 9.38. The molecule has 21 heavy (non-hydrogen) atoms. The average Bonchev–Trinajstić information content (AvgIpc) is 2.53. The van der Waals surface area contributed by atoms with Crippen LogP contribution in [0.3, 0.4) is 0 Å². The third kappa shape index (κ3) is 6.32. The van der Waals surface area contributed by atoms with E-state index >= 15 is 0 Å². The summed E-state index contributed by atoms with van der Waals surface area (Å²) >= 11 is 0. The normalized spacial score (nSPS) is 22.3. The lowest BCUT2D eigenvalue weighted by Gasteiger charge is -2.31. The van der Waals surface area contributed by atoms with Gasteiger partial charge in [-0.15, -0.1) is 0 Å². The summed E-state index contributed by atoms with van der Waals surface area (Å²) in [7, 11) is 0. The Labute approximate surface area is 128 Å². The third-order valence-corrected chi connectivity index (χ3v) is 4.60. The molecule has 2 rings (SSSR count). The van der Waals surface area contributed by atoms with Crippen LogP contribution in [0.15, 0.2) is 0 Å². The highest BCUT2D eigenvalue weighted by Crippen LogP contribution is 2.17. The lowest BCUT2D eigenvalue weighted by Crippen LogP contribution is -2.41. The Kier molecular flexibility index (Phi) is 7.47. The predicted molar refractivity (Wildman–Crippen MR) is 82.1 cm³/mol. The Bertz CT molecular complexity index is 298. The minimum atomic E-state index is 0.0988. The van der Waals surface area contributed by atoms with Crippen LogP contribution < -0.4 is 5.32 Å². The lowest BCUT2D eigenvalue weighted by atomic mass is 9.95. The van der Waals surface area contributed by atoms with Crippen LogP contribution in [-0.2, 0) is 9.53 Å². The second-order valence-corrected chi connectivity index (χ2v) is 6.29. The number of aliphatic hydroxyl groups excluding tert-OH is 1. The number of amides is 1. The Morgan fingerprint density at radius 2 is 1.86 bits per heavy atom. The molecule has 1 saturated carbocycles. The first-order valence-corrected chi connectivity index (χ1v) is 8.52. The van der Waals surface area contributed by atoms with E-state index in [0.29, 0.717) is 19.1 Å². The maximum Gasteiger partial charge on any atom is 0.221 e. The molecule has 0 aromatic heterocycles. The Hall–Kier alpha value is -0.650. The summed E-state index contributed by atoms with van der Waals surface area (Å²) in [6.45, 7) is 3.38. The van der Waals surface area contributed by atoms with Crippen molar-refractivity contribution in [3.63, 3.8) is 0 Å². The molecule has 2 N–H and O–H groups in total. The van der Waals surface area contributed by atoms with Gasteiger partial charge >= 0.3 is 0 Å². The molecule has 0 bridgehead atoms. The van der Waals surface area contributed by atoms with Gasteiger partial charge in [0.1, 0.15) is 0 Å². The molecule has 0 aromatic carbocycles. The highest BCUT2D eigenvalue weighted by Gasteiger charge is 2.20. The van der Waals surface area contributed by atoms with Crippen LogP contribution in [-0.4, -0.2) is 60.9 Å². The number of carbonyl (C=O) groups is 1. The predicted octanol–water partition coefficient (Wildman–Crippen LogP) is 1.30. The third-order valence-electron chi connectivity index (χ3n) is 4.60. The van der Waals surface area contributed by atoms with Gasteiger partial charge in [-0.25, -0.2) is 0 Å². The van der Waals surface area contributed by atoms with Crippen molar-refractivity contribution in [3.05, 3.63) is 0 Å². The average molecular weight is 298 g/mol. The van der Waals surface area contributed by atoms with Gasteiger partial charge in [0.25, 0.3) is 0 Å². The molecule has 2 fully saturated rings. The van der Waals surface area contributed by atoms with Crippen molar-refractivity contribution in [1.82, 2.24) is 10.2 Å². The van der Waals surface area contributed by atoms with E-state index < -0.39 is 0 Å². The highest BCUT2D eigenvalue weighted by molar-refractivity contribution is 5.76. The van der Waals surface area contributed by atoms with E-state index in [4.69, 9.17) is 9.84 Å². The number of ether oxygens (including phenoxy) is 1. The topological polar surface area (TPSA) is 61.8 Å². The largest absolute Gasteiger partial charge is 0.394 e. The van der Waals surface area contributed by atoms with Gasteiger partial charge < -0.3 is 20.1 Å². The highest BCUT2D eigenvalue weighted by atomic mass is 16.5. The molecular weight excluding hydrogens is 268 g/mol. The van der Waals surface area contributed by atoms with Gasteiger partial charge in [0.05, 0.1) is 19.3 Å². The smallest absolute Gasteiger partial charge is 0.221 e. The fraction of sp³-hybridized carbons (Fsp3) is 0.938. The summed E-state index contributed by atoms with van der Waals surface area (Å²) < 4.78 is 5.55. The molecule has 5 nitrogen and oxygen atoms in total. The summed E-state index contributed by atoms with van der Waals surface area (Å²) in [5, 5.41) is 11.9. The molecular formula is C16H30N2O3. The van der Waals surface area contributed by atoms with Crippen molar-refractivity contribution in [2.24, 2.45) is 0 Å². The number of likely N-dealkylation sites (tertiary alicyclic amines) is 1. The fourth-order valence-corrected chi connectivity index (χ4v) is 3.33. The van der Waals surface area contributed by atoms with Gasteiger partial charge in [0.15, 0.2) is 0 Å². The molecule has 0 radical (unpaired) electrons. The summed E-state index contributed by atoms with van der Waals surface area (Å²) in [5.41, 5.74) is 0. The van der Waals surface area contributed by atoms with E-state index in [2.05, 4.69) is 10.2 Å². The number of rotatable bonds is 7. The first kappa shape index (κ1) is 16.7. The molecule has 1 amide bonds. The van der Waals surface area contributed by atoms with Crippen molar-refractivity contribution in [1.29, 1.82) is 0 Å². The van der Waals surface area contributed by atoms with Crippen LogP contribution in [0.4, 0.5) is 0 Å². The zero-order chi connectivity index (χ0) is 14.9. The van der Waals surface area contributed by atoms with Crippen LogP contribution >= 0.6 is 0 Å². The van der Waals surface area contributed by atoms with Gasteiger partial charge in [0, 0.05) is 32.1 Å². The fourth-order valence-electron chi connectivity index (χ4n) is 3.33. The van der Waals surface area contributed by atoms with E-state index in [9.17, 15) is 4.79 Å². The Morgan fingerprint density at radius 1 is 1.14 bits per heavy atom. The summed E-state index contributed by atoms with van der Waals surface area (Å²) in [6, 6.07) is 0.420. The monoisotopic (exact) mass is 298 g/mol. The van der Waals surface area contributed by atoms with E-state index in [0.717, 1.165) is 45.3 Å². The van der Waals surface area contributed by atoms with Crippen LogP contribution in [0, 0.1) is 0 Å². The lowest BCUT2D eigenvalue weighted by molar-refractivity contribution is -0.122. The molecule has 0 atom stereocenters. The number of aliphatic hydroxyl groups is 1. The van der Waals surface area contributed by atoms with Crippen molar-refractivity contribution in [2.75, 3.05) is 32.8 Å². The maximum absolute atomic E-state index is 12.0. The van der Waals surface area contributed by atoms with E-state index in [1.807, 2.05) is 0 Å². The van der Waals surface area contributed by atoms with Gasteiger partial charge in [-0.05, 0) is 25.7 Å². The number of piperidine rings is 1. The van der Waals surface area contributed by atoms with Gasteiger partial charge in [-0.1, -0.05) is 19.3 Å². The zero-order valence-corrected chi connectivity index (χ0v) is 13.1. The zero-order valence-electron chi connectivity index (χ0n) is 13.1. The van der Waals surface area contributed by atoms with Crippen LogP contribution in [0.5, 0.6) is 0 Å². The second-order valence-electron chi connectivity index (χ2n) is 6.29. The summed E-state index contributed by atoms with van der Waals surface area (Å²) in [5.74, 6) is 0.209. The van der Waals surface area contributed by atoms with Crippen molar-refractivity contribution in [3.8, 4) is 0 Å². The van der Waals surface area contributed by atoms with Crippen molar-refractivity contribution >= 4 is 5.91 Å². The van der Waals surface area contributed by atoms with E-state index in [-0.39, 0.29) is 18.6 Å². The quantitative estimate of drug-likeness (QED) is 0.744. The number of carbonyl (C=O) groups excluding carboxylic acids is 1. The van der Waals surface area contributed by atoms with Crippen molar-refractivity contribution < 1.29 is 14.6 Å². The minimum absolute atomic E-state index is 0.0988. The van der Waals surface area contributed by atoms with Crippen LogP contribution in [0.1, 0.15) is 51.4 Å². The maximum atomic E-state index is 12.0. The minimum Gasteiger partial charge on any atom is -0.394 e. The molecule has 122 valence electrons. The molecule has 1 aliphatic carbocycles. The molecule has 0 aromatic rings. The number of nitrogens with zero attached hydrogens (tertiary/aromatic N) is 1. The standard InChI is InChI=1S/C16H30N2O3/c19-12-13-21-15-6-9-18(10-7-15)11-8-16(20)17-14-4-2-1-3-5-14/h14-15,19H,1-13H2,(H,17,20). The summed E-state index contributed by atoms with van der Waals surface area (Å²) in [6.07, 6.45) is 9.04. The van der Waals surface area contributed by atoms with Crippen LogP contribution in [0.2, 0.25) is 0 Å². The van der Waals surface area contributed by atoms with Gasteiger partial charge in [-0.2, -0.15) is 0 Å². The molecule has 0 spiro atoms. The molecule has 1 heterocycles. The number of hydrogen-bond donors (Lipinski definition) is 2. The van der Waals surface area contributed by atoms with Gasteiger partial charge in [-0.3, -0.25) is 4.79 Å². The molecule has 5 heteroatoms. The van der Waals surface area contributed by atoms with E-state index in [1.165, 1.54) is 19.3 Å². The molecule has 1 saturated heterocycles. The SMILES string of the molecule is O=C(CCN1CCC(OCCO)CC1)NC1CCCCC1. The first-order chi connectivity index (χ1) is 10.3. The van der Waals surface area contributed by atoms with Crippen LogP contribution in [0.25, 0.3) is 0 Å². The number of nitrogens with one attached hydrogen (secondary N) is 1. The molecule has 1 aliphatic heterocycles. The van der Waals surface area contributed by atoms with E-state index in [1.54, 1.807) is 0 Å². The molecule has 2 aliphatic rings.